The van der Waals surface area contributed by atoms with Crippen molar-refractivity contribution in [1.29, 1.82) is 0 Å². The molecule has 3 rings (SSSR count). The van der Waals surface area contributed by atoms with Crippen LogP contribution in [0.25, 0.3) is 11.3 Å². The summed E-state index contributed by atoms with van der Waals surface area (Å²) in [4.78, 5) is 12.8. The molecular formula is C11H13N5. The fourth-order valence-corrected chi connectivity index (χ4v) is 2.19. The summed E-state index contributed by atoms with van der Waals surface area (Å²) in [5.41, 5.74) is 8.90. The minimum atomic E-state index is 0.634. The Balaban J connectivity index is 2.12. The van der Waals surface area contributed by atoms with Crippen LogP contribution in [0.4, 0.5) is 0 Å². The van der Waals surface area contributed by atoms with Crippen molar-refractivity contribution >= 4 is 0 Å². The lowest BCUT2D eigenvalue weighted by Crippen LogP contribution is -2.16. The molecule has 2 N–H and O–H groups in total. The number of fused-ring (bicyclic) bond motifs is 3. The monoisotopic (exact) mass is 215 g/mol. The summed E-state index contributed by atoms with van der Waals surface area (Å²) >= 11 is 0. The Morgan fingerprint density at radius 1 is 1.31 bits per heavy atom. The van der Waals surface area contributed by atoms with Gasteiger partial charge in [-0.1, -0.05) is 0 Å². The summed E-state index contributed by atoms with van der Waals surface area (Å²) in [6, 6.07) is 0. The van der Waals surface area contributed by atoms with Crippen LogP contribution in [0.15, 0.2) is 18.7 Å². The van der Waals surface area contributed by atoms with Crippen molar-refractivity contribution in [2.75, 3.05) is 6.54 Å². The zero-order valence-corrected chi connectivity index (χ0v) is 8.93. The van der Waals surface area contributed by atoms with Crippen molar-refractivity contribution in [2.45, 2.75) is 19.4 Å². The number of aromatic nitrogens is 4. The van der Waals surface area contributed by atoms with Gasteiger partial charge in [-0.05, 0) is 6.54 Å². The summed E-state index contributed by atoms with van der Waals surface area (Å²) in [6.45, 7) is 1.57. The molecule has 0 bridgehead atoms. The van der Waals surface area contributed by atoms with Crippen molar-refractivity contribution in [1.82, 2.24) is 19.5 Å². The first-order valence-corrected chi connectivity index (χ1v) is 5.44. The first-order chi connectivity index (χ1) is 7.90. The van der Waals surface area contributed by atoms with Crippen LogP contribution in [0.3, 0.4) is 0 Å². The third-order valence-corrected chi connectivity index (χ3v) is 2.95. The smallest absolute Gasteiger partial charge is 0.115 e. The van der Waals surface area contributed by atoms with Crippen molar-refractivity contribution in [3.05, 3.63) is 30.2 Å². The van der Waals surface area contributed by atoms with E-state index in [9.17, 15) is 0 Å². The molecule has 1 aliphatic heterocycles. The lowest BCUT2D eigenvalue weighted by Gasteiger charge is -2.18. The van der Waals surface area contributed by atoms with Crippen molar-refractivity contribution < 1.29 is 0 Å². The molecule has 0 unspecified atom stereocenters. The second-order valence-electron chi connectivity index (χ2n) is 3.88. The second kappa shape index (κ2) is 3.68. The molecule has 0 amide bonds. The predicted molar refractivity (Wildman–Crippen MR) is 59.7 cm³/mol. The number of nitrogens with zero attached hydrogens (tertiary/aromatic N) is 4. The van der Waals surface area contributed by atoms with Crippen LogP contribution in [0.2, 0.25) is 0 Å². The zero-order valence-electron chi connectivity index (χ0n) is 8.93. The van der Waals surface area contributed by atoms with Crippen molar-refractivity contribution in [3.63, 3.8) is 0 Å². The maximum atomic E-state index is 5.57. The summed E-state index contributed by atoms with van der Waals surface area (Å²) < 4.78 is 2.22. The molecule has 1 aliphatic rings. The van der Waals surface area contributed by atoms with Gasteiger partial charge in [0.05, 0.1) is 17.6 Å². The summed E-state index contributed by atoms with van der Waals surface area (Å²) in [5, 5.41) is 0. The highest BCUT2D eigenvalue weighted by molar-refractivity contribution is 5.62. The first-order valence-electron chi connectivity index (χ1n) is 5.44. The molecule has 5 nitrogen and oxygen atoms in total. The Morgan fingerprint density at radius 3 is 3.12 bits per heavy atom. The van der Waals surface area contributed by atoms with Crippen LogP contribution in [0.1, 0.15) is 11.5 Å². The lowest BCUT2D eigenvalue weighted by molar-refractivity contribution is 0.630. The van der Waals surface area contributed by atoms with Gasteiger partial charge in [-0.2, -0.15) is 0 Å². The molecule has 82 valence electrons. The molecular weight excluding hydrogens is 202 g/mol. The molecule has 0 spiro atoms. The van der Waals surface area contributed by atoms with Crippen molar-refractivity contribution in [3.8, 4) is 11.3 Å². The molecule has 0 fully saturated rings. The van der Waals surface area contributed by atoms with E-state index in [0.29, 0.717) is 6.54 Å². The fourth-order valence-electron chi connectivity index (χ4n) is 2.19. The van der Waals surface area contributed by atoms with Crippen LogP contribution < -0.4 is 5.73 Å². The minimum absolute atomic E-state index is 0.634. The number of hydrogen-bond donors (Lipinski definition) is 1. The van der Waals surface area contributed by atoms with Gasteiger partial charge >= 0.3 is 0 Å². The van der Waals surface area contributed by atoms with Gasteiger partial charge in [-0.15, -0.1) is 0 Å². The van der Waals surface area contributed by atoms with Gasteiger partial charge in [-0.25, -0.2) is 15.0 Å². The minimum Gasteiger partial charge on any atom is -0.330 e. The fraction of sp³-hybridized carbons (Fsp3) is 0.364. The Labute approximate surface area is 93.4 Å². The standard InChI is InChI=1S/C11H13N5/c12-3-1-11-14-6-10-8-5-13-7-15-9(8)2-4-16(10)11/h5-7H,1-4,12H2. The van der Waals surface area contributed by atoms with Crippen LogP contribution in [0, 0.1) is 0 Å². The number of hydrogen-bond acceptors (Lipinski definition) is 4. The highest BCUT2D eigenvalue weighted by atomic mass is 15.1. The van der Waals surface area contributed by atoms with Crippen LogP contribution in [-0.4, -0.2) is 26.1 Å². The number of aryl methyl sites for hydroxylation is 1. The Morgan fingerprint density at radius 2 is 2.25 bits per heavy atom. The molecule has 2 aromatic rings. The Kier molecular flexibility index (Phi) is 2.18. The molecule has 0 radical (unpaired) electrons. The number of imidazole rings is 1. The van der Waals surface area contributed by atoms with E-state index in [4.69, 9.17) is 5.73 Å². The van der Waals surface area contributed by atoms with E-state index in [0.717, 1.165) is 42.2 Å². The van der Waals surface area contributed by atoms with E-state index < -0.39 is 0 Å². The van der Waals surface area contributed by atoms with Gasteiger partial charge in [0.1, 0.15) is 12.2 Å². The van der Waals surface area contributed by atoms with E-state index in [2.05, 4.69) is 19.5 Å². The highest BCUT2D eigenvalue weighted by Crippen LogP contribution is 2.27. The summed E-state index contributed by atoms with van der Waals surface area (Å²) in [7, 11) is 0. The largest absolute Gasteiger partial charge is 0.330 e. The molecule has 0 saturated heterocycles. The molecule has 5 heteroatoms. The number of rotatable bonds is 2. The average molecular weight is 215 g/mol. The third kappa shape index (κ3) is 1.32. The topological polar surface area (TPSA) is 69.6 Å². The highest BCUT2D eigenvalue weighted by Gasteiger charge is 2.19. The average Bonchev–Trinajstić information content (AvgIpc) is 2.73. The molecule has 16 heavy (non-hydrogen) atoms. The normalized spacial score (nSPS) is 13.3. The van der Waals surface area contributed by atoms with E-state index in [-0.39, 0.29) is 0 Å². The van der Waals surface area contributed by atoms with Crippen LogP contribution in [0.5, 0.6) is 0 Å². The second-order valence-corrected chi connectivity index (χ2v) is 3.88. The Bertz CT molecular complexity index is 517. The van der Waals surface area contributed by atoms with Gasteiger partial charge in [0.15, 0.2) is 0 Å². The van der Waals surface area contributed by atoms with Crippen LogP contribution >= 0.6 is 0 Å². The predicted octanol–water partition coefficient (Wildman–Crippen LogP) is 0.397. The summed E-state index contributed by atoms with van der Waals surface area (Å²) in [6.07, 6.45) is 7.13. The van der Waals surface area contributed by atoms with Gasteiger partial charge in [-0.3, -0.25) is 0 Å². The SMILES string of the molecule is NCCc1ncc2n1CCc1ncncc1-2. The quantitative estimate of drug-likeness (QED) is 0.787. The van der Waals surface area contributed by atoms with Gasteiger partial charge in [0, 0.05) is 31.1 Å². The maximum Gasteiger partial charge on any atom is 0.115 e. The van der Waals surface area contributed by atoms with Gasteiger partial charge < -0.3 is 10.3 Å². The van der Waals surface area contributed by atoms with E-state index >= 15 is 0 Å². The lowest BCUT2D eigenvalue weighted by atomic mass is 10.1. The molecule has 0 aliphatic carbocycles. The van der Waals surface area contributed by atoms with Gasteiger partial charge in [0.2, 0.25) is 0 Å². The molecule has 0 saturated carbocycles. The Hall–Kier alpha value is -1.75. The maximum absolute atomic E-state index is 5.57. The van der Waals surface area contributed by atoms with E-state index in [1.54, 1.807) is 6.33 Å². The zero-order chi connectivity index (χ0) is 11.0. The van der Waals surface area contributed by atoms with E-state index in [1.165, 1.54) is 0 Å². The van der Waals surface area contributed by atoms with Crippen molar-refractivity contribution in [2.24, 2.45) is 5.73 Å². The van der Waals surface area contributed by atoms with E-state index in [1.807, 2.05) is 12.4 Å². The third-order valence-electron chi connectivity index (χ3n) is 2.95. The molecule has 0 atom stereocenters. The molecule has 0 aromatic carbocycles. The summed E-state index contributed by atoms with van der Waals surface area (Å²) in [5.74, 6) is 1.06. The van der Waals surface area contributed by atoms with Gasteiger partial charge in [0.25, 0.3) is 0 Å². The van der Waals surface area contributed by atoms with Crippen LogP contribution in [-0.2, 0) is 19.4 Å². The molecule has 2 aromatic heterocycles. The number of nitrogens with two attached hydrogens (primary N) is 1. The molecule has 3 heterocycles. The first kappa shape index (κ1) is 9.47.